The summed E-state index contributed by atoms with van der Waals surface area (Å²) in [6.07, 6.45) is 8.09. The Labute approximate surface area is 168 Å². The van der Waals surface area contributed by atoms with Gasteiger partial charge in [0.25, 0.3) is 0 Å². The molecular formula is C22H33N3O3. The summed E-state index contributed by atoms with van der Waals surface area (Å²) in [5.41, 5.74) is 0.907. The first-order chi connectivity index (χ1) is 13.6. The molecule has 2 saturated heterocycles. The van der Waals surface area contributed by atoms with Crippen molar-refractivity contribution >= 4 is 12.0 Å². The van der Waals surface area contributed by atoms with Gasteiger partial charge in [-0.05, 0) is 76.1 Å². The molecule has 1 atom stereocenters. The number of methoxy groups -OCH3 is 2. The maximum atomic E-state index is 12.4. The molecule has 3 rings (SSSR count). The second-order valence-corrected chi connectivity index (χ2v) is 7.82. The van der Waals surface area contributed by atoms with Gasteiger partial charge in [-0.2, -0.15) is 0 Å². The Kier molecular flexibility index (Phi) is 7.34. The summed E-state index contributed by atoms with van der Waals surface area (Å²) < 4.78 is 10.6. The van der Waals surface area contributed by atoms with E-state index in [9.17, 15) is 4.79 Å². The van der Waals surface area contributed by atoms with Crippen LogP contribution in [0.4, 0.5) is 0 Å². The predicted octanol–water partition coefficient (Wildman–Crippen LogP) is 2.39. The van der Waals surface area contributed by atoms with Crippen molar-refractivity contribution in [1.82, 2.24) is 15.1 Å². The van der Waals surface area contributed by atoms with Crippen molar-refractivity contribution in [2.45, 2.75) is 37.8 Å². The second-order valence-electron chi connectivity index (χ2n) is 7.82. The lowest BCUT2D eigenvalue weighted by Gasteiger charge is -2.41. The molecule has 0 spiro atoms. The number of piperidine rings is 2. The Morgan fingerprint density at radius 2 is 1.86 bits per heavy atom. The lowest BCUT2D eigenvalue weighted by atomic mass is 9.98. The molecule has 2 aliphatic rings. The van der Waals surface area contributed by atoms with Crippen LogP contribution < -0.4 is 14.8 Å². The zero-order valence-corrected chi connectivity index (χ0v) is 17.3. The van der Waals surface area contributed by atoms with Crippen LogP contribution in [0.1, 0.15) is 31.2 Å². The monoisotopic (exact) mass is 387 g/mol. The van der Waals surface area contributed by atoms with E-state index >= 15 is 0 Å². The molecule has 1 amide bonds. The van der Waals surface area contributed by atoms with Gasteiger partial charge in [-0.25, -0.2) is 0 Å². The summed E-state index contributed by atoms with van der Waals surface area (Å²) in [5, 5.41) is 3.18. The zero-order valence-electron chi connectivity index (χ0n) is 17.3. The van der Waals surface area contributed by atoms with Crippen LogP contribution in [0.15, 0.2) is 24.3 Å². The third-order valence-electron chi connectivity index (χ3n) is 5.84. The van der Waals surface area contributed by atoms with Crippen LogP contribution in [0.25, 0.3) is 6.08 Å². The van der Waals surface area contributed by atoms with Crippen molar-refractivity contribution in [3.05, 3.63) is 29.8 Å². The highest BCUT2D eigenvalue weighted by Gasteiger charge is 2.28. The Balaban J connectivity index is 1.52. The standard InChI is InChI=1S/C22H33N3O3/c1-24-13-10-19(11-14-24)25-12-4-5-18(16-25)23-22(26)9-7-17-6-8-20(27-2)21(15-17)28-3/h6-9,15,18-19H,4-5,10-14,16H2,1-3H3,(H,23,26)/b9-7+/t18-/m1/s1. The number of rotatable bonds is 6. The van der Waals surface area contributed by atoms with E-state index in [1.54, 1.807) is 20.3 Å². The van der Waals surface area contributed by atoms with E-state index in [0.29, 0.717) is 17.5 Å². The zero-order chi connectivity index (χ0) is 19.9. The average molecular weight is 388 g/mol. The molecule has 0 bridgehead atoms. The van der Waals surface area contributed by atoms with Gasteiger partial charge in [-0.15, -0.1) is 0 Å². The third-order valence-corrected chi connectivity index (χ3v) is 5.84. The van der Waals surface area contributed by atoms with Crippen molar-refractivity contribution in [1.29, 1.82) is 0 Å². The highest BCUT2D eigenvalue weighted by Crippen LogP contribution is 2.28. The number of benzene rings is 1. The van der Waals surface area contributed by atoms with Gasteiger partial charge < -0.3 is 19.7 Å². The lowest BCUT2D eigenvalue weighted by molar-refractivity contribution is -0.117. The van der Waals surface area contributed by atoms with E-state index in [0.717, 1.165) is 31.5 Å². The maximum absolute atomic E-state index is 12.4. The van der Waals surface area contributed by atoms with Crippen LogP contribution in [-0.4, -0.2) is 75.2 Å². The van der Waals surface area contributed by atoms with Crippen LogP contribution >= 0.6 is 0 Å². The number of hydrogen-bond donors (Lipinski definition) is 1. The summed E-state index contributed by atoms with van der Waals surface area (Å²) >= 11 is 0. The van der Waals surface area contributed by atoms with E-state index in [4.69, 9.17) is 9.47 Å². The Morgan fingerprint density at radius 3 is 2.57 bits per heavy atom. The van der Waals surface area contributed by atoms with Crippen LogP contribution in [0.3, 0.4) is 0 Å². The van der Waals surface area contributed by atoms with Gasteiger partial charge in [-0.1, -0.05) is 6.07 Å². The Hall–Kier alpha value is -2.05. The first-order valence-corrected chi connectivity index (χ1v) is 10.2. The SMILES string of the molecule is COc1ccc(/C=C/C(=O)N[C@@H]2CCCN(C3CCN(C)CC3)C2)cc1OC. The van der Waals surface area contributed by atoms with Crippen LogP contribution in [0.2, 0.25) is 0 Å². The van der Waals surface area contributed by atoms with Crippen molar-refractivity contribution in [3.8, 4) is 11.5 Å². The summed E-state index contributed by atoms with van der Waals surface area (Å²) in [6, 6.07) is 6.52. The summed E-state index contributed by atoms with van der Waals surface area (Å²) in [4.78, 5) is 17.4. The first-order valence-electron chi connectivity index (χ1n) is 10.2. The minimum Gasteiger partial charge on any atom is -0.493 e. The Bertz CT molecular complexity index is 684. The summed E-state index contributed by atoms with van der Waals surface area (Å²) in [7, 11) is 5.41. The molecule has 2 aliphatic heterocycles. The number of carbonyl (C=O) groups excluding carboxylic acids is 1. The minimum absolute atomic E-state index is 0.0370. The predicted molar refractivity (Wildman–Crippen MR) is 112 cm³/mol. The molecule has 28 heavy (non-hydrogen) atoms. The number of carbonyl (C=O) groups is 1. The van der Waals surface area contributed by atoms with Gasteiger partial charge in [0, 0.05) is 24.7 Å². The lowest BCUT2D eigenvalue weighted by Crippen LogP contribution is -2.53. The number of hydrogen-bond acceptors (Lipinski definition) is 5. The molecule has 1 N–H and O–H groups in total. The summed E-state index contributed by atoms with van der Waals surface area (Å²) in [5.74, 6) is 1.30. The van der Waals surface area contributed by atoms with Gasteiger partial charge >= 0.3 is 0 Å². The highest BCUT2D eigenvalue weighted by atomic mass is 16.5. The van der Waals surface area contributed by atoms with Gasteiger partial charge in [0.05, 0.1) is 14.2 Å². The number of likely N-dealkylation sites (tertiary alicyclic amines) is 2. The van der Waals surface area contributed by atoms with E-state index in [2.05, 4.69) is 22.2 Å². The molecule has 1 aromatic rings. The van der Waals surface area contributed by atoms with Gasteiger partial charge in [0.2, 0.25) is 5.91 Å². The second kappa shape index (κ2) is 9.94. The number of nitrogens with zero attached hydrogens (tertiary/aromatic N) is 2. The van der Waals surface area contributed by atoms with E-state index in [1.807, 2.05) is 24.3 Å². The van der Waals surface area contributed by atoms with Crippen LogP contribution in [0, 0.1) is 0 Å². The van der Waals surface area contributed by atoms with Gasteiger partial charge in [-0.3, -0.25) is 9.69 Å². The van der Waals surface area contributed by atoms with E-state index < -0.39 is 0 Å². The van der Waals surface area contributed by atoms with Crippen molar-refractivity contribution in [3.63, 3.8) is 0 Å². The topological polar surface area (TPSA) is 54.0 Å². The fourth-order valence-electron chi connectivity index (χ4n) is 4.19. The van der Waals surface area contributed by atoms with Crippen molar-refractivity contribution in [2.24, 2.45) is 0 Å². The van der Waals surface area contributed by atoms with Crippen molar-refractivity contribution in [2.75, 3.05) is 47.4 Å². The molecule has 6 heteroatoms. The largest absolute Gasteiger partial charge is 0.493 e. The molecule has 0 aliphatic carbocycles. The molecule has 2 fully saturated rings. The molecular weight excluding hydrogens is 354 g/mol. The smallest absolute Gasteiger partial charge is 0.244 e. The molecule has 154 valence electrons. The number of ether oxygens (including phenoxy) is 2. The fourth-order valence-corrected chi connectivity index (χ4v) is 4.19. The fraction of sp³-hybridized carbons (Fsp3) is 0.591. The first kappa shape index (κ1) is 20.7. The van der Waals surface area contributed by atoms with Crippen molar-refractivity contribution < 1.29 is 14.3 Å². The Morgan fingerprint density at radius 1 is 1.11 bits per heavy atom. The molecule has 0 radical (unpaired) electrons. The number of nitrogens with one attached hydrogen (secondary N) is 1. The van der Waals surface area contributed by atoms with Crippen LogP contribution in [-0.2, 0) is 4.79 Å². The highest BCUT2D eigenvalue weighted by molar-refractivity contribution is 5.92. The molecule has 2 heterocycles. The molecule has 0 aromatic heterocycles. The van der Waals surface area contributed by atoms with Gasteiger partial charge in [0.15, 0.2) is 11.5 Å². The number of amides is 1. The van der Waals surface area contributed by atoms with E-state index in [-0.39, 0.29) is 11.9 Å². The third kappa shape index (κ3) is 5.49. The normalized spacial score (nSPS) is 22.3. The molecule has 1 aromatic carbocycles. The molecule has 0 unspecified atom stereocenters. The quantitative estimate of drug-likeness (QED) is 0.760. The van der Waals surface area contributed by atoms with E-state index in [1.165, 1.54) is 25.9 Å². The minimum atomic E-state index is -0.0370. The van der Waals surface area contributed by atoms with Crippen LogP contribution in [0.5, 0.6) is 11.5 Å². The molecule has 6 nitrogen and oxygen atoms in total. The molecule has 0 saturated carbocycles. The average Bonchev–Trinajstić information content (AvgIpc) is 2.72. The maximum Gasteiger partial charge on any atom is 0.244 e. The summed E-state index contributed by atoms with van der Waals surface area (Å²) in [6.45, 7) is 4.46. The van der Waals surface area contributed by atoms with Gasteiger partial charge in [0.1, 0.15) is 0 Å².